The highest BCUT2D eigenvalue weighted by molar-refractivity contribution is 5.94. The first-order chi connectivity index (χ1) is 16.0. The zero-order chi connectivity index (χ0) is 23.1. The molecule has 9 heteroatoms. The Morgan fingerprint density at radius 3 is 2.91 bits per heavy atom. The number of aryl methyl sites for hydroxylation is 1. The summed E-state index contributed by atoms with van der Waals surface area (Å²) in [4.78, 5) is 22.0. The second-order valence-electron chi connectivity index (χ2n) is 8.34. The van der Waals surface area contributed by atoms with Crippen LogP contribution >= 0.6 is 0 Å². The average Bonchev–Trinajstić information content (AvgIpc) is 3.45. The predicted molar refractivity (Wildman–Crippen MR) is 124 cm³/mol. The Balaban J connectivity index is 1.46. The first-order valence-corrected chi connectivity index (χ1v) is 11.0. The van der Waals surface area contributed by atoms with Crippen molar-refractivity contribution < 1.29 is 15.0 Å². The number of hydrogen-bond acceptors (Lipinski definition) is 6. The molecule has 2 aromatic carbocycles. The van der Waals surface area contributed by atoms with Crippen molar-refractivity contribution in [3.8, 4) is 28.4 Å². The van der Waals surface area contributed by atoms with Crippen molar-refractivity contribution in [1.29, 1.82) is 0 Å². The van der Waals surface area contributed by atoms with Crippen molar-refractivity contribution in [3.63, 3.8) is 0 Å². The van der Waals surface area contributed by atoms with Gasteiger partial charge in [0.25, 0.3) is 0 Å². The molecule has 170 valence electrons. The molecule has 5 rings (SSSR count). The van der Waals surface area contributed by atoms with Crippen molar-refractivity contribution in [2.45, 2.75) is 32.4 Å². The number of nitrogens with one attached hydrogen (secondary N) is 2. The highest BCUT2D eigenvalue weighted by Crippen LogP contribution is 2.32. The first kappa shape index (κ1) is 21.2. The zero-order valence-corrected chi connectivity index (χ0v) is 18.3. The Hall–Kier alpha value is -3.69. The molecule has 6 N–H and O–H groups in total. The first-order valence-electron chi connectivity index (χ1n) is 11.0. The monoisotopic (exact) mass is 446 g/mol. The SMILES string of the molecule is CCc1cc(O)ccc1-c1ccc2c(-c3nc4c([nH]3)CN(C(=O)[C@@H](N)CO)CC4)n[nH]c2c1. The average molecular weight is 447 g/mol. The third-order valence-corrected chi connectivity index (χ3v) is 6.23. The molecular formula is C24H26N6O3. The minimum atomic E-state index is -0.903. The van der Waals surface area contributed by atoms with Crippen LogP contribution in [0.5, 0.6) is 5.75 Å². The molecule has 9 nitrogen and oxygen atoms in total. The molecular weight excluding hydrogens is 420 g/mol. The van der Waals surface area contributed by atoms with Crippen LogP contribution in [0.15, 0.2) is 36.4 Å². The van der Waals surface area contributed by atoms with Crippen molar-refractivity contribution >= 4 is 16.8 Å². The number of aromatic amines is 2. The fourth-order valence-corrected chi connectivity index (χ4v) is 4.43. The molecule has 1 atom stereocenters. The van der Waals surface area contributed by atoms with E-state index in [4.69, 9.17) is 10.7 Å². The van der Waals surface area contributed by atoms with E-state index in [1.807, 2.05) is 18.2 Å². The van der Waals surface area contributed by atoms with Gasteiger partial charge in [-0.05, 0) is 47.4 Å². The van der Waals surface area contributed by atoms with Gasteiger partial charge in [-0.25, -0.2) is 4.98 Å². The number of imidazole rings is 1. The van der Waals surface area contributed by atoms with Crippen LogP contribution in [0.2, 0.25) is 0 Å². The minimum absolute atomic E-state index is 0.265. The maximum Gasteiger partial charge on any atom is 0.242 e. The number of phenolic OH excluding ortho intramolecular Hbond substituents is 1. The van der Waals surface area contributed by atoms with Crippen LogP contribution in [0, 0.1) is 0 Å². The molecule has 0 unspecified atom stereocenters. The van der Waals surface area contributed by atoms with Gasteiger partial charge in [-0.15, -0.1) is 0 Å². The number of rotatable bonds is 5. The number of aliphatic hydroxyl groups excluding tert-OH is 1. The van der Waals surface area contributed by atoms with Gasteiger partial charge in [-0.3, -0.25) is 9.89 Å². The van der Waals surface area contributed by atoms with Gasteiger partial charge in [0.05, 0.1) is 30.1 Å². The molecule has 0 saturated carbocycles. The Bertz CT molecular complexity index is 1340. The molecule has 0 aliphatic carbocycles. The van der Waals surface area contributed by atoms with Gasteiger partial charge in [0.2, 0.25) is 5.91 Å². The van der Waals surface area contributed by atoms with E-state index in [-0.39, 0.29) is 18.3 Å². The fourth-order valence-electron chi connectivity index (χ4n) is 4.43. The Morgan fingerprint density at radius 1 is 1.27 bits per heavy atom. The molecule has 33 heavy (non-hydrogen) atoms. The van der Waals surface area contributed by atoms with E-state index in [9.17, 15) is 15.0 Å². The van der Waals surface area contributed by atoms with E-state index in [0.717, 1.165) is 51.1 Å². The summed E-state index contributed by atoms with van der Waals surface area (Å²) in [5, 5.41) is 27.5. The van der Waals surface area contributed by atoms with Crippen LogP contribution in [-0.4, -0.2) is 60.4 Å². The molecule has 0 fully saturated rings. The number of benzene rings is 2. The maximum absolute atomic E-state index is 12.3. The van der Waals surface area contributed by atoms with Gasteiger partial charge in [-0.1, -0.05) is 19.1 Å². The van der Waals surface area contributed by atoms with Crippen molar-refractivity contribution in [2.75, 3.05) is 13.2 Å². The number of nitrogens with two attached hydrogens (primary N) is 1. The lowest BCUT2D eigenvalue weighted by Crippen LogP contribution is -2.47. The summed E-state index contributed by atoms with van der Waals surface area (Å²) in [5.41, 5.74) is 12.3. The minimum Gasteiger partial charge on any atom is -0.508 e. The van der Waals surface area contributed by atoms with Gasteiger partial charge >= 0.3 is 0 Å². The lowest BCUT2D eigenvalue weighted by molar-refractivity contribution is -0.134. The number of fused-ring (bicyclic) bond motifs is 2. The van der Waals surface area contributed by atoms with E-state index in [0.29, 0.717) is 25.3 Å². The number of H-pyrrole nitrogens is 2. The molecule has 0 saturated heterocycles. The summed E-state index contributed by atoms with van der Waals surface area (Å²) in [6.45, 7) is 2.58. The number of amides is 1. The number of aliphatic hydroxyl groups is 1. The van der Waals surface area contributed by atoms with Crippen LogP contribution < -0.4 is 5.73 Å². The fraction of sp³-hybridized carbons (Fsp3) is 0.292. The zero-order valence-electron chi connectivity index (χ0n) is 18.3. The van der Waals surface area contributed by atoms with Crippen LogP contribution in [0.1, 0.15) is 23.9 Å². The maximum atomic E-state index is 12.3. The summed E-state index contributed by atoms with van der Waals surface area (Å²) in [7, 11) is 0. The van der Waals surface area contributed by atoms with Gasteiger partial charge in [-0.2, -0.15) is 5.10 Å². The highest BCUT2D eigenvalue weighted by atomic mass is 16.3. The molecule has 2 aromatic heterocycles. The number of phenols is 1. The van der Waals surface area contributed by atoms with Gasteiger partial charge in [0, 0.05) is 18.4 Å². The Kier molecular flexibility index (Phi) is 5.35. The normalized spacial score (nSPS) is 14.5. The van der Waals surface area contributed by atoms with E-state index in [1.54, 1.807) is 17.0 Å². The molecule has 4 aromatic rings. The van der Waals surface area contributed by atoms with E-state index in [2.05, 4.69) is 28.2 Å². The number of aromatic hydroxyl groups is 1. The Labute approximate surface area is 190 Å². The quantitative estimate of drug-likeness (QED) is 0.317. The van der Waals surface area contributed by atoms with Gasteiger partial charge in [0.15, 0.2) is 5.82 Å². The second-order valence-corrected chi connectivity index (χ2v) is 8.34. The third kappa shape index (κ3) is 3.75. The number of carbonyl (C=O) groups excluding carboxylic acids is 1. The van der Waals surface area contributed by atoms with Crippen molar-refractivity contribution in [2.24, 2.45) is 5.73 Å². The lowest BCUT2D eigenvalue weighted by Gasteiger charge is -2.28. The van der Waals surface area contributed by atoms with Crippen LogP contribution in [-0.2, 0) is 24.2 Å². The van der Waals surface area contributed by atoms with Crippen LogP contribution in [0.3, 0.4) is 0 Å². The smallest absolute Gasteiger partial charge is 0.242 e. The van der Waals surface area contributed by atoms with Gasteiger partial charge in [0.1, 0.15) is 17.5 Å². The summed E-state index contributed by atoms with van der Waals surface area (Å²) in [6.07, 6.45) is 1.43. The largest absolute Gasteiger partial charge is 0.508 e. The van der Waals surface area contributed by atoms with Crippen LogP contribution in [0.4, 0.5) is 0 Å². The van der Waals surface area contributed by atoms with Crippen molar-refractivity contribution in [3.05, 3.63) is 53.3 Å². The summed E-state index contributed by atoms with van der Waals surface area (Å²) >= 11 is 0. The third-order valence-electron chi connectivity index (χ3n) is 6.23. The van der Waals surface area contributed by atoms with Crippen molar-refractivity contribution in [1.82, 2.24) is 25.1 Å². The number of hydrogen-bond donors (Lipinski definition) is 5. The molecule has 3 heterocycles. The molecule has 0 bridgehead atoms. The highest BCUT2D eigenvalue weighted by Gasteiger charge is 2.27. The predicted octanol–water partition coefficient (Wildman–Crippen LogP) is 2.09. The number of carbonyl (C=O) groups is 1. The van der Waals surface area contributed by atoms with Crippen LogP contribution in [0.25, 0.3) is 33.5 Å². The topological polar surface area (TPSA) is 144 Å². The molecule has 0 radical (unpaired) electrons. The summed E-state index contributed by atoms with van der Waals surface area (Å²) < 4.78 is 0. The molecule has 1 aliphatic heterocycles. The molecule has 1 aliphatic rings. The van der Waals surface area contributed by atoms with Gasteiger partial charge < -0.3 is 25.8 Å². The summed E-state index contributed by atoms with van der Waals surface area (Å²) in [6, 6.07) is 10.7. The van der Waals surface area contributed by atoms with E-state index >= 15 is 0 Å². The number of nitrogens with zero attached hydrogens (tertiary/aromatic N) is 3. The van der Waals surface area contributed by atoms with E-state index < -0.39 is 6.04 Å². The Morgan fingerprint density at radius 2 is 2.12 bits per heavy atom. The van der Waals surface area contributed by atoms with E-state index in [1.165, 1.54) is 0 Å². The molecule has 0 spiro atoms. The summed E-state index contributed by atoms with van der Waals surface area (Å²) in [5.74, 6) is 0.650. The standard InChI is InChI=1S/C24H26N6O3/c1-2-13-9-15(32)4-6-16(13)14-3-5-17-20(10-14)28-29-22(17)23-26-19-7-8-30(11-21(19)27-23)24(33)18(25)12-31/h3-6,9-10,18,31-32H,2,7-8,11-12,25H2,1H3,(H,26,27)(H,28,29)/t18-/m0/s1. The molecule has 1 amide bonds. The lowest BCUT2D eigenvalue weighted by atomic mass is 9.97. The number of aromatic nitrogens is 4. The second kappa shape index (κ2) is 8.34.